The van der Waals surface area contributed by atoms with E-state index in [0.717, 1.165) is 6.42 Å². The average Bonchev–Trinajstić information content (AvgIpc) is 3.78. The molecule has 0 atom stereocenters. The van der Waals surface area contributed by atoms with Crippen molar-refractivity contribution >= 4 is 21.5 Å². The van der Waals surface area contributed by atoms with Crippen molar-refractivity contribution in [3.05, 3.63) is 205 Å². The van der Waals surface area contributed by atoms with E-state index in [2.05, 4.69) is 158 Å². The van der Waals surface area contributed by atoms with Gasteiger partial charge in [0.15, 0.2) is 0 Å². The average molecular weight is 815 g/mol. The quantitative estimate of drug-likeness (QED) is 0.153. The maximum absolute atomic E-state index is 2.25. The fourth-order valence-electron chi connectivity index (χ4n) is 6.42. The third kappa shape index (κ3) is 17.4. The van der Waals surface area contributed by atoms with Crippen molar-refractivity contribution in [2.24, 2.45) is 0 Å². The lowest BCUT2D eigenvalue weighted by Crippen LogP contribution is -1.90. The smallest absolute Gasteiger partial charge is 0.00135 e. The molecule has 0 saturated carbocycles. The van der Waals surface area contributed by atoms with Crippen LogP contribution in [-0.2, 0) is 6.42 Å². The Labute approximate surface area is 375 Å². The van der Waals surface area contributed by atoms with Crippen LogP contribution in [0.4, 0.5) is 0 Å². The lowest BCUT2D eigenvalue weighted by atomic mass is 9.86. The first-order valence-corrected chi connectivity index (χ1v) is 23.6. The molecular formula is C61H82. The molecule has 0 nitrogen and oxygen atoms in total. The molecule has 0 aliphatic heterocycles. The molecule has 61 heavy (non-hydrogen) atoms. The maximum Gasteiger partial charge on any atom is -0.00135 e. The molecule has 0 bridgehead atoms. The molecule has 0 aromatic heterocycles. The van der Waals surface area contributed by atoms with Gasteiger partial charge in [-0.2, -0.15) is 0 Å². The first-order chi connectivity index (χ1) is 30.4. The standard InChI is InChI=1S/C26H18.C13H10.C6H6.8C2H6/c1-3-11-19(12-4-1)25-21-15-7-9-17-23(21)26(20-13-5-2-6-14-20)24-18-10-8-16-22(24)25;1-3-7-12-10(5-1)9-11-6-2-4-8-13(11)12;1-2-4-6-5-3-1;8*1-2/h1-18H;1-8H,9H2;1-6H;8*1-2H3. The van der Waals surface area contributed by atoms with Gasteiger partial charge in [-0.3, -0.25) is 0 Å². The van der Waals surface area contributed by atoms with Crippen LogP contribution in [0, 0.1) is 0 Å². The molecule has 0 amide bonds. The predicted molar refractivity (Wildman–Crippen MR) is 284 cm³/mol. The topological polar surface area (TPSA) is 0 Å². The van der Waals surface area contributed by atoms with Gasteiger partial charge in [-0.1, -0.05) is 305 Å². The van der Waals surface area contributed by atoms with E-state index in [1.165, 1.54) is 66.1 Å². The maximum atomic E-state index is 2.25. The summed E-state index contributed by atoms with van der Waals surface area (Å²) in [5.74, 6) is 0. The largest absolute Gasteiger partial charge is 0.0683 e. The van der Waals surface area contributed by atoms with Crippen molar-refractivity contribution in [2.45, 2.75) is 117 Å². The molecular weight excluding hydrogens is 733 g/mol. The Morgan fingerprint density at radius 2 is 0.410 bits per heavy atom. The van der Waals surface area contributed by atoms with Gasteiger partial charge in [0.2, 0.25) is 0 Å². The van der Waals surface area contributed by atoms with E-state index >= 15 is 0 Å². The summed E-state index contributed by atoms with van der Waals surface area (Å²) in [6.45, 7) is 32.0. The molecule has 0 spiro atoms. The minimum absolute atomic E-state index is 1.10. The van der Waals surface area contributed by atoms with Crippen LogP contribution in [0.2, 0.25) is 0 Å². The molecule has 1 aliphatic rings. The van der Waals surface area contributed by atoms with Crippen molar-refractivity contribution < 1.29 is 0 Å². The summed E-state index contributed by atoms with van der Waals surface area (Å²) in [5, 5.41) is 5.21. The predicted octanol–water partition coefficient (Wildman–Crippen LogP) is 20.5. The second-order valence-electron chi connectivity index (χ2n) is 11.2. The molecule has 0 radical (unpaired) electrons. The highest BCUT2D eigenvalue weighted by molar-refractivity contribution is 6.21. The Kier molecular flexibility index (Phi) is 36.2. The lowest BCUT2D eigenvalue weighted by molar-refractivity contribution is 1.26. The minimum Gasteiger partial charge on any atom is -0.0683 e. The zero-order chi connectivity index (χ0) is 46.3. The first-order valence-electron chi connectivity index (χ1n) is 23.6. The molecule has 0 heteroatoms. The minimum atomic E-state index is 1.10. The van der Waals surface area contributed by atoms with Crippen LogP contribution in [-0.4, -0.2) is 0 Å². The van der Waals surface area contributed by atoms with E-state index in [-0.39, 0.29) is 0 Å². The zero-order valence-electron chi connectivity index (χ0n) is 41.2. The fourth-order valence-corrected chi connectivity index (χ4v) is 6.42. The SMILES string of the molecule is CC.CC.CC.CC.CC.CC.CC.CC.c1ccc(-c2c3ccccc3c(-c3ccccc3)c3ccccc23)cc1.c1ccc2c(c1)Cc1ccccc1-2.c1ccccc1. The normalized spacial score (nSPS) is 8.92. The van der Waals surface area contributed by atoms with E-state index in [1.54, 1.807) is 0 Å². The molecule has 0 N–H and O–H groups in total. The van der Waals surface area contributed by atoms with Crippen molar-refractivity contribution in [3.63, 3.8) is 0 Å². The molecule has 326 valence electrons. The molecule has 8 aromatic carbocycles. The highest BCUT2D eigenvalue weighted by Gasteiger charge is 2.17. The highest BCUT2D eigenvalue weighted by Crippen LogP contribution is 2.43. The van der Waals surface area contributed by atoms with E-state index in [4.69, 9.17) is 0 Å². The summed E-state index contributed by atoms with van der Waals surface area (Å²) in [6.07, 6.45) is 1.10. The van der Waals surface area contributed by atoms with Crippen molar-refractivity contribution in [2.75, 3.05) is 0 Å². The Balaban J connectivity index is 0. The first kappa shape index (κ1) is 57.4. The van der Waals surface area contributed by atoms with Gasteiger partial charge in [0.05, 0.1) is 0 Å². The van der Waals surface area contributed by atoms with Gasteiger partial charge < -0.3 is 0 Å². The third-order valence-corrected chi connectivity index (χ3v) is 8.43. The van der Waals surface area contributed by atoms with Gasteiger partial charge in [-0.05, 0) is 72.5 Å². The molecule has 9 rings (SSSR count). The molecule has 0 unspecified atom stereocenters. The van der Waals surface area contributed by atoms with Gasteiger partial charge in [0.25, 0.3) is 0 Å². The lowest BCUT2D eigenvalue weighted by Gasteiger charge is -2.17. The Morgan fingerprint density at radius 1 is 0.213 bits per heavy atom. The second kappa shape index (κ2) is 38.5. The van der Waals surface area contributed by atoms with E-state index < -0.39 is 0 Å². The Morgan fingerprint density at radius 3 is 0.672 bits per heavy atom. The molecule has 1 aliphatic carbocycles. The van der Waals surface area contributed by atoms with Crippen molar-refractivity contribution in [3.8, 4) is 33.4 Å². The summed E-state index contributed by atoms with van der Waals surface area (Å²) < 4.78 is 0. The van der Waals surface area contributed by atoms with Gasteiger partial charge in [0.1, 0.15) is 0 Å². The summed E-state index contributed by atoms with van der Waals surface area (Å²) >= 11 is 0. The molecule has 0 heterocycles. The van der Waals surface area contributed by atoms with E-state index in [1.807, 2.05) is 147 Å². The van der Waals surface area contributed by atoms with Crippen LogP contribution < -0.4 is 0 Å². The number of fused-ring (bicyclic) bond motifs is 5. The molecule has 8 aromatic rings. The number of rotatable bonds is 2. The Hall–Kier alpha value is -5.72. The monoisotopic (exact) mass is 815 g/mol. The van der Waals surface area contributed by atoms with Crippen LogP contribution in [0.3, 0.4) is 0 Å². The summed E-state index contributed by atoms with van der Waals surface area (Å²) in [6, 6.07) is 68.3. The fraction of sp³-hybridized carbons (Fsp3) is 0.279. The van der Waals surface area contributed by atoms with Gasteiger partial charge in [-0.15, -0.1) is 0 Å². The molecule has 0 fully saturated rings. The number of hydrogen-bond donors (Lipinski definition) is 0. The summed E-state index contributed by atoms with van der Waals surface area (Å²) in [7, 11) is 0. The summed E-state index contributed by atoms with van der Waals surface area (Å²) in [4.78, 5) is 0. The van der Waals surface area contributed by atoms with Crippen molar-refractivity contribution in [1.82, 2.24) is 0 Å². The van der Waals surface area contributed by atoms with Crippen LogP contribution in [0.5, 0.6) is 0 Å². The highest BCUT2D eigenvalue weighted by atomic mass is 14.2. The Bertz CT molecular complexity index is 1940. The summed E-state index contributed by atoms with van der Waals surface area (Å²) in [5.41, 5.74) is 10.9. The van der Waals surface area contributed by atoms with Crippen LogP contribution in [0.25, 0.3) is 54.9 Å². The zero-order valence-corrected chi connectivity index (χ0v) is 41.2. The van der Waals surface area contributed by atoms with Crippen LogP contribution >= 0.6 is 0 Å². The number of benzene rings is 8. The van der Waals surface area contributed by atoms with Gasteiger partial charge >= 0.3 is 0 Å². The van der Waals surface area contributed by atoms with E-state index in [0.29, 0.717) is 0 Å². The van der Waals surface area contributed by atoms with Crippen molar-refractivity contribution in [1.29, 1.82) is 0 Å². The number of hydrogen-bond acceptors (Lipinski definition) is 0. The van der Waals surface area contributed by atoms with E-state index in [9.17, 15) is 0 Å². The van der Waals surface area contributed by atoms with Gasteiger partial charge in [-0.25, -0.2) is 0 Å². The third-order valence-electron chi connectivity index (χ3n) is 8.43. The van der Waals surface area contributed by atoms with Crippen LogP contribution in [0.1, 0.15) is 122 Å². The second-order valence-corrected chi connectivity index (χ2v) is 11.2. The van der Waals surface area contributed by atoms with Crippen LogP contribution in [0.15, 0.2) is 194 Å². The molecule has 0 saturated heterocycles. The van der Waals surface area contributed by atoms with Gasteiger partial charge in [0, 0.05) is 0 Å².